The van der Waals surface area contributed by atoms with Crippen LogP contribution >= 0.6 is 0 Å². The molecule has 1 fully saturated rings. The van der Waals surface area contributed by atoms with Gasteiger partial charge in [0, 0.05) is 24.0 Å². The summed E-state index contributed by atoms with van der Waals surface area (Å²) in [6.07, 6.45) is 7.56. The molecule has 1 aliphatic carbocycles. The average Bonchev–Trinajstić information content (AvgIpc) is 2.53. The van der Waals surface area contributed by atoms with E-state index in [4.69, 9.17) is 0 Å². The topological polar surface area (TPSA) is 42.0 Å². The van der Waals surface area contributed by atoms with Crippen LogP contribution in [0.5, 0.6) is 0 Å². The molecule has 1 amide bonds. The van der Waals surface area contributed by atoms with E-state index in [-0.39, 0.29) is 11.8 Å². The summed E-state index contributed by atoms with van der Waals surface area (Å²) in [5.74, 6) is 0.446. The van der Waals surface area contributed by atoms with Gasteiger partial charge < -0.3 is 5.32 Å². The molecule has 3 heteroatoms. The molecule has 0 unspecified atom stereocenters. The summed E-state index contributed by atoms with van der Waals surface area (Å²) in [5.41, 5.74) is 2.13. The van der Waals surface area contributed by atoms with Crippen LogP contribution in [0.2, 0.25) is 0 Å². The highest BCUT2D eigenvalue weighted by Crippen LogP contribution is 2.23. The van der Waals surface area contributed by atoms with Crippen molar-refractivity contribution >= 4 is 16.8 Å². The molecule has 1 saturated carbocycles. The van der Waals surface area contributed by atoms with Crippen molar-refractivity contribution < 1.29 is 4.79 Å². The van der Waals surface area contributed by atoms with Crippen molar-refractivity contribution in [1.82, 2.24) is 10.3 Å². The van der Waals surface area contributed by atoms with Crippen LogP contribution in [0.25, 0.3) is 10.9 Å². The first-order valence-electron chi connectivity index (χ1n) is 7.44. The minimum atomic E-state index is 0.219. The molecule has 0 radical (unpaired) electrons. The molecule has 0 atom stereocenters. The maximum Gasteiger partial charge on any atom is 0.223 e. The van der Waals surface area contributed by atoms with Crippen LogP contribution in [-0.4, -0.2) is 10.9 Å². The second kappa shape index (κ2) is 6.04. The Morgan fingerprint density at radius 2 is 2.05 bits per heavy atom. The summed E-state index contributed by atoms with van der Waals surface area (Å²) in [4.78, 5) is 16.4. The first-order valence-corrected chi connectivity index (χ1v) is 7.44. The van der Waals surface area contributed by atoms with E-state index >= 15 is 0 Å². The lowest BCUT2D eigenvalue weighted by atomic mass is 9.88. The number of hydrogen-bond donors (Lipinski definition) is 1. The average molecular weight is 268 g/mol. The molecule has 3 nitrogen and oxygen atoms in total. The number of nitrogens with zero attached hydrogens (tertiary/aromatic N) is 1. The number of amides is 1. The van der Waals surface area contributed by atoms with Gasteiger partial charge in [0.25, 0.3) is 0 Å². The molecule has 0 saturated heterocycles. The van der Waals surface area contributed by atoms with Gasteiger partial charge in [0.1, 0.15) is 0 Å². The van der Waals surface area contributed by atoms with Gasteiger partial charge in [-0.25, -0.2) is 0 Å². The van der Waals surface area contributed by atoms with Gasteiger partial charge in [0.15, 0.2) is 0 Å². The normalized spacial score (nSPS) is 16.2. The molecular formula is C17H20N2O. The third-order valence-electron chi connectivity index (χ3n) is 4.11. The highest BCUT2D eigenvalue weighted by atomic mass is 16.1. The second-order valence-electron chi connectivity index (χ2n) is 5.58. The van der Waals surface area contributed by atoms with Gasteiger partial charge in [0.05, 0.1) is 5.52 Å². The van der Waals surface area contributed by atoms with Crippen LogP contribution in [0.4, 0.5) is 0 Å². The molecule has 1 N–H and O–H groups in total. The molecule has 20 heavy (non-hydrogen) atoms. The number of hydrogen-bond acceptors (Lipinski definition) is 2. The summed E-state index contributed by atoms with van der Waals surface area (Å²) in [5, 5.41) is 4.20. The number of pyridine rings is 1. The van der Waals surface area contributed by atoms with Gasteiger partial charge in [-0.3, -0.25) is 9.78 Å². The molecule has 1 aromatic carbocycles. The predicted molar refractivity (Wildman–Crippen MR) is 80.2 cm³/mol. The van der Waals surface area contributed by atoms with Crippen molar-refractivity contribution in [2.45, 2.75) is 38.6 Å². The molecular weight excluding hydrogens is 248 g/mol. The van der Waals surface area contributed by atoms with Crippen molar-refractivity contribution in [3.8, 4) is 0 Å². The van der Waals surface area contributed by atoms with Gasteiger partial charge in [-0.1, -0.05) is 31.4 Å². The first-order chi connectivity index (χ1) is 9.83. The molecule has 1 aliphatic rings. The Kier molecular flexibility index (Phi) is 3.95. The largest absolute Gasteiger partial charge is 0.352 e. The van der Waals surface area contributed by atoms with E-state index in [1.54, 1.807) is 6.20 Å². The Morgan fingerprint density at radius 1 is 1.20 bits per heavy atom. The van der Waals surface area contributed by atoms with Crippen LogP contribution in [0.15, 0.2) is 36.5 Å². The van der Waals surface area contributed by atoms with Crippen LogP contribution in [0, 0.1) is 5.92 Å². The SMILES string of the molecule is O=C(NCc1ccc2ncccc2c1)C1CCCCC1. The minimum Gasteiger partial charge on any atom is -0.352 e. The monoisotopic (exact) mass is 268 g/mol. The zero-order valence-electron chi connectivity index (χ0n) is 11.6. The zero-order valence-corrected chi connectivity index (χ0v) is 11.6. The van der Waals surface area contributed by atoms with Crippen LogP contribution in [0.1, 0.15) is 37.7 Å². The Labute approximate surface area is 119 Å². The highest BCUT2D eigenvalue weighted by Gasteiger charge is 2.20. The van der Waals surface area contributed by atoms with Crippen molar-refractivity contribution in [2.75, 3.05) is 0 Å². The molecule has 0 aliphatic heterocycles. The van der Waals surface area contributed by atoms with Gasteiger partial charge in [-0.2, -0.15) is 0 Å². The second-order valence-corrected chi connectivity index (χ2v) is 5.58. The molecule has 3 rings (SSSR count). The number of rotatable bonds is 3. The summed E-state index contributed by atoms with van der Waals surface area (Å²) in [7, 11) is 0. The lowest BCUT2D eigenvalue weighted by Gasteiger charge is -2.20. The van der Waals surface area contributed by atoms with Gasteiger partial charge >= 0.3 is 0 Å². The minimum absolute atomic E-state index is 0.219. The summed E-state index contributed by atoms with van der Waals surface area (Å²) >= 11 is 0. The number of aromatic nitrogens is 1. The highest BCUT2D eigenvalue weighted by molar-refractivity contribution is 5.80. The van der Waals surface area contributed by atoms with Crippen LogP contribution in [-0.2, 0) is 11.3 Å². The van der Waals surface area contributed by atoms with Gasteiger partial charge in [-0.05, 0) is 36.6 Å². The quantitative estimate of drug-likeness (QED) is 0.926. The third-order valence-corrected chi connectivity index (χ3v) is 4.11. The fraction of sp³-hybridized carbons (Fsp3) is 0.412. The van der Waals surface area contributed by atoms with E-state index in [0.29, 0.717) is 6.54 Å². The Balaban J connectivity index is 1.62. The number of carbonyl (C=O) groups is 1. The van der Waals surface area contributed by atoms with E-state index in [9.17, 15) is 4.79 Å². The van der Waals surface area contributed by atoms with E-state index in [1.165, 1.54) is 19.3 Å². The van der Waals surface area contributed by atoms with Crippen LogP contribution in [0.3, 0.4) is 0 Å². The molecule has 1 heterocycles. The van der Waals surface area contributed by atoms with E-state index in [0.717, 1.165) is 29.3 Å². The fourth-order valence-electron chi connectivity index (χ4n) is 2.93. The van der Waals surface area contributed by atoms with Crippen LogP contribution < -0.4 is 5.32 Å². The standard InChI is InChI=1S/C17H20N2O/c20-17(14-5-2-1-3-6-14)19-12-13-8-9-16-15(11-13)7-4-10-18-16/h4,7-11,14H,1-3,5-6,12H2,(H,19,20). The van der Waals surface area contributed by atoms with E-state index < -0.39 is 0 Å². The third kappa shape index (κ3) is 2.98. The van der Waals surface area contributed by atoms with Crippen molar-refractivity contribution in [2.24, 2.45) is 5.92 Å². The lowest BCUT2D eigenvalue weighted by molar-refractivity contribution is -0.126. The molecule has 104 valence electrons. The van der Waals surface area contributed by atoms with Crippen molar-refractivity contribution in [3.63, 3.8) is 0 Å². The maximum absolute atomic E-state index is 12.1. The predicted octanol–water partition coefficient (Wildman–Crippen LogP) is 3.43. The van der Waals surface area contributed by atoms with E-state index in [1.807, 2.05) is 18.2 Å². The first kappa shape index (κ1) is 13.1. The zero-order chi connectivity index (χ0) is 13.8. The van der Waals surface area contributed by atoms with E-state index in [2.05, 4.69) is 22.4 Å². The summed E-state index contributed by atoms with van der Waals surface area (Å²) in [6, 6.07) is 10.1. The smallest absolute Gasteiger partial charge is 0.223 e. The summed E-state index contributed by atoms with van der Waals surface area (Å²) in [6.45, 7) is 0.611. The van der Waals surface area contributed by atoms with Gasteiger partial charge in [0.2, 0.25) is 5.91 Å². The Hall–Kier alpha value is -1.90. The molecule has 0 spiro atoms. The molecule has 1 aromatic heterocycles. The molecule has 2 aromatic rings. The summed E-state index contributed by atoms with van der Waals surface area (Å²) < 4.78 is 0. The Morgan fingerprint density at radius 3 is 2.90 bits per heavy atom. The molecule has 0 bridgehead atoms. The fourth-order valence-corrected chi connectivity index (χ4v) is 2.93. The lowest BCUT2D eigenvalue weighted by Crippen LogP contribution is -2.31. The van der Waals surface area contributed by atoms with Gasteiger partial charge in [-0.15, -0.1) is 0 Å². The number of carbonyl (C=O) groups excluding carboxylic acids is 1. The number of benzene rings is 1. The number of fused-ring (bicyclic) bond motifs is 1. The Bertz CT molecular complexity index is 603. The maximum atomic E-state index is 12.1. The van der Waals surface area contributed by atoms with Crippen molar-refractivity contribution in [1.29, 1.82) is 0 Å². The van der Waals surface area contributed by atoms with Crippen molar-refractivity contribution in [3.05, 3.63) is 42.1 Å². The number of nitrogens with one attached hydrogen (secondary N) is 1.